The van der Waals surface area contributed by atoms with E-state index in [4.69, 9.17) is 0 Å². The molecule has 0 bridgehead atoms. The summed E-state index contributed by atoms with van der Waals surface area (Å²) in [5.41, 5.74) is 3.53. The monoisotopic (exact) mass is 204 g/mol. The van der Waals surface area contributed by atoms with Gasteiger partial charge in [0.2, 0.25) is 0 Å². The Hall–Kier alpha value is -1.28. The van der Waals surface area contributed by atoms with Crippen molar-refractivity contribution in [3.63, 3.8) is 0 Å². The highest BCUT2D eigenvalue weighted by Crippen LogP contribution is 2.14. The third-order valence-corrected chi connectivity index (χ3v) is 2.26. The maximum Gasteiger partial charge on any atom is 0.0453 e. The number of unbranched alkanes of at least 4 members (excludes halogenated alkanes) is 1. The number of H-pyrrole nitrogens is 1. The Morgan fingerprint density at radius 1 is 1.53 bits per heavy atom. The van der Waals surface area contributed by atoms with Gasteiger partial charge >= 0.3 is 0 Å². The van der Waals surface area contributed by atoms with Crippen molar-refractivity contribution >= 4 is 12.2 Å². The Bertz CT molecular complexity index is 334. The van der Waals surface area contributed by atoms with E-state index < -0.39 is 0 Å². The van der Waals surface area contributed by atoms with Gasteiger partial charge in [0.1, 0.15) is 0 Å². The molecule has 0 aliphatic heterocycles. The average molecular weight is 204 g/mol. The average Bonchev–Trinajstić information content (AvgIpc) is 2.62. The molecular formula is C13H20N2. The molecular weight excluding hydrogens is 184 g/mol. The van der Waals surface area contributed by atoms with Gasteiger partial charge in [0, 0.05) is 17.9 Å². The lowest BCUT2D eigenvalue weighted by Crippen LogP contribution is -2.04. The summed E-state index contributed by atoms with van der Waals surface area (Å²) in [5, 5.41) is 3.13. The molecule has 0 radical (unpaired) electrons. The summed E-state index contributed by atoms with van der Waals surface area (Å²) < 4.78 is 0. The van der Waals surface area contributed by atoms with Gasteiger partial charge in [-0.15, -0.1) is 0 Å². The molecule has 0 spiro atoms. The van der Waals surface area contributed by atoms with Gasteiger partial charge < -0.3 is 10.3 Å². The largest absolute Gasteiger partial charge is 0.357 e. The summed E-state index contributed by atoms with van der Waals surface area (Å²) in [6.45, 7) is 6.86. The predicted molar refractivity (Wildman–Crippen MR) is 67.6 cm³/mol. The van der Waals surface area contributed by atoms with E-state index in [1.54, 1.807) is 0 Å². The molecule has 1 aromatic heterocycles. The predicted octanol–water partition coefficient (Wildman–Crippen LogP) is 3.19. The van der Waals surface area contributed by atoms with Crippen LogP contribution in [0, 0.1) is 0 Å². The molecule has 0 aliphatic rings. The molecule has 0 fully saturated rings. The van der Waals surface area contributed by atoms with E-state index in [1.807, 2.05) is 13.1 Å². The van der Waals surface area contributed by atoms with Crippen LogP contribution in [-0.2, 0) is 6.54 Å². The summed E-state index contributed by atoms with van der Waals surface area (Å²) in [6.07, 6.45) is 8.53. The molecule has 0 unspecified atom stereocenters. The van der Waals surface area contributed by atoms with Gasteiger partial charge in [-0.05, 0) is 31.2 Å². The van der Waals surface area contributed by atoms with Crippen molar-refractivity contribution in [3.8, 4) is 0 Å². The molecule has 0 saturated carbocycles. The van der Waals surface area contributed by atoms with E-state index in [0.717, 1.165) is 18.7 Å². The lowest BCUT2D eigenvalue weighted by molar-refractivity contribution is 0.797. The van der Waals surface area contributed by atoms with Crippen LogP contribution in [0.2, 0.25) is 0 Å². The Balaban J connectivity index is 2.80. The zero-order chi connectivity index (χ0) is 11.1. The lowest BCUT2D eigenvalue weighted by atomic mass is 10.2. The van der Waals surface area contributed by atoms with Crippen LogP contribution >= 0.6 is 0 Å². The molecule has 1 heterocycles. The quantitative estimate of drug-likeness (QED) is 0.731. The summed E-state index contributed by atoms with van der Waals surface area (Å²) in [5.74, 6) is 0. The fraction of sp³-hybridized carbons (Fsp3) is 0.385. The van der Waals surface area contributed by atoms with Crippen molar-refractivity contribution in [2.45, 2.75) is 26.3 Å². The lowest BCUT2D eigenvalue weighted by Gasteiger charge is -1.93. The summed E-state index contributed by atoms with van der Waals surface area (Å²) in [6, 6.07) is 2.13. The Morgan fingerprint density at radius 3 is 2.93 bits per heavy atom. The van der Waals surface area contributed by atoms with Crippen LogP contribution in [0.15, 0.2) is 18.7 Å². The molecule has 0 atom stereocenters. The Labute approximate surface area is 92.1 Å². The van der Waals surface area contributed by atoms with Crippen LogP contribution in [0.3, 0.4) is 0 Å². The first-order chi connectivity index (χ1) is 7.31. The van der Waals surface area contributed by atoms with Gasteiger partial charge in [-0.2, -0.15) is 0 Å². The van der Waals surface area contributed by atoms with Gasteiger partial charge in [0.15, 0.2) is 0 Å². The highest BCUT2D eigenvalue weighted by atomic mass is 14.9. The number of aromatic nitrogens is 1. The topological polar surface area (TPSA) is 27.8 Å². The van der Waals surface area contributed by atoms with Crippen molar-refractivity contribution in [1.82, 2.24) is 10.3 Å². The minimum atomic E-state index is 0.864. The van der Waals surface area contributed by atoms with Crippen molar-refractivity contribution < 1.29 is 0 Å². The molecule has 82 valence electrons. The first-order valence-electron chi connectivity index (χ1n) is 5.47. The van der Waals surface area contributed by atoms with E-state index in [1.165, 1.54) is 17.7 Å². The normalized spacial score (nSPS) is 11.1. The van der Waals surface area contributed by atoms with Gasteiger partial charge in [-0.3, -0.25) is 0 Å². The molecule has 2 nitrogen and oxygen atoms in total. The van der Waals surface area contributed by atoms with E-state index in [-0.39, 0.29) is 0 Å². The maximum absolute atomic E-state index is 3.82. The Morgan fingerprint density at radius 2 is 2.33 bits per heavy atom. The molecule has 2 heteroatoms. The smallest absolute Gasteiger partial charge is 0.0453 e. The zero-order valence-corrected chi connectivity index (χ0v) is 9.64. The highest BCUT2D eigenvalue weighted by Gasteiger charge is 2.01. The summed E-state index contributed by atoms with van der Waals surface area (Å²) in [7, 11) is 1.95. The number of nitrogens with one attached hydrogen (secondary N) is 2. The van der Waals surface area contributed by atoms with Crippen molar-refractivity contribution in [1.29, 1.82) is 0 Å². The second-order valence-electron chi connectivity index (χ2n) is 3.59. The molecule has 0 saturated heterocycles. The third-order valence-electron chi connectivity index (χ3n) is 2.26. The SMILES string of the molecule is C=Cc1cc(CNC)[nH]c1/C=C\CCC. The van der Waals surface area contributed by atoms with E-state index >= 15 is 0 Å². The number of hydrogen-bond acceptors (Lipinski definition) is 1. The van der Waals surface area contributed by atoms with Crippen molar-refractivity contribution in [3.05, 3.63) is 35.7 Å². The van der Waals surface area contributed by atoms with Crippen LogP contribution in [-0.4, -0.2) is 12.0 Å². The summed E-state index contributed by atoms with van der Waals surface area (Å²) >= 11 is 0. The maximum atomic E-state index is 3.82. The molecule has 1 rings (SSSR count). The van der Waals surface area contributed by atoms with Crippen molar-refractivity contribution in [2.75, 3.05) is 7.05 Å². The highest BCUT2D eigenvalue weighted by molar-refractivity contribution is 5.62. The molecule has 0 amide bonds. The minimum absolute atomic E-state index is 0.864. The third kappa shape index (κ3) is 3.40. The summed E-state index contributed by atoms with van der Waals surface area (Å²) in [4.78, 5) is 3.37. The van der Waals surface area contributed by atoms with E-state index in [0.29, 0.717) is 0 Å². The van der Waals surface area contributed by atoms with Crippen LogP contribution < -0.4 is 5.32 Å². The Kier molecular flexibility index (Phi) is 4.91. The van der Waals surface area contributed by atoms with Crippen LogP contribution in [0.4, 0.5) is 0 Å². The zero-order valence-electron chi connectivity index (χ0n) is 9.64. The molecule has 0 aromatic carbocycles. The van der Waals surface area contributed by atoms with Crippen LogP contribution in [0.5, 0.6) is 0 Å². The number of allylic oxidation sites excluding steroid dienone is 1. The van der Waals surface area contributed by atoms with Gasteiger partial charge in [-0.25, -0.2) is 0 Å². The van der Waals surface area contributed by atoms with Gasteiger partial charge in [0.05, 0.1) is 0 Å². The standard InChI is InChI=1S/C13H20N2/c1-4-6-7-8-13-11(5-2)9-12(15-13)10-14-3/h5,7-9,14-15H,2,4,6,10H2,1,3H3/b8-7-. The van der Waals surface area contributed by atoms with E-state index in [9.17, 15) is 0 Å². The molecule has 0 aliphatic carbocycles. The van der Waals surface area contributed by atoms with Gasteiger partial charge in [-0.1, -0.05) is 32.1 Å². The second-order valence-corrected chi connectivity index (χ2v) is 3.59. The molecule has 1 aromatic rings. The first kappa shape index (κ1) is 11.8. The minimum Gasteiger partial charge on any atom is -0.357 e. The first-order valence-corrected chi connectivity index (χ1v) is 5.47. The van der Waals surface area contributed by atoms with Crippen molar-refractivity contribution in [2.24, 2.45) is 0 Å². The number of hydrogen-bond donors (Lipinski definition) is 2. The van der Waals surface area contributed by atoms with Crippen LogP contribution in [0.25, 0.3) is 12.2 Å². The second kappa shape index (κ2) is 6.25. The fourth-order valence-electron chi connectivity index (χ4n) is 1.51. The number of rotatable bonds is 6. The molecule has 2 N–H and O–H groups in total. The molecule has 15 heavy (non-hydrogen) atoms. The van der Waals surface area contributed by atoms with Crippen LogP contribution in [0.1, 0.15) is 36.7 Å². The number of aromatic amines is 1. The fourth-order valence-corrected chi connectivity index (χ4v) is 1.51. The van der Waals surface area contributed by atoms with E-state index in [2.05, 4.69) is 42.0 Å². The van der Waals surface area contributed by atoms with Gasteiger partial charge in [0.25, 0.3) is 0 Å².